The quantitative estimate of drug-likeness (QED) is 0.437. The molecule has 2 N–H and O–H groups in total. The number of hydrogen-bond donors (Lipinski definition) is 2. The summed E-state index contributed by atoms with van der Waals surface area (Å²) in [4.78, 5) is 26.3. The molecule has 0 radical (unpaired) electrons. The first-order valence-electron chi connectivity index (χ1n) is 9.83. The molecule has 0 aliphatic rings. The van der Waals surface area contributed by atoms with Gasteiger partial charge in [0.25, 0.3) is 5.91 Å². The van der Waals surface area contributed by atoms with E-state index in [1.165, 1.54) is 0 Å². The van der Waals surface area contributed by atoms with E-state index in [2.05, 4.69) is 20.9 Å². The molecule has 0 saturated carbocycles. The Morgan fingerprint density at radius 1 is 0.967 bits per heavy atom. The lowest BCUT2D eigenvalue weighted by molar-refractivity contribution is -0.120. The summed E-state index contributed by atoms with van der Waals surface area (Å²) in [6.07, 6.45) is 0.964. The van der Waals surface area contributed by atoms with Gasteiger partial charge in [0.15, 0.2) is 0 Å². The van der Waals surface area contributed by atoms with Crippen LogP contribution in [-0.4, -0.2) is 52.7 Å². The van der Waals surface area contributed by atoms with E-state index in [1.807, 2.05) is 43.3 Å². The second-order valence-corrected chi connectivity index (χ2v) is 6.83. The van der Waals surface area contributed by atoms with Crippen LogP contribution in [0.1, 0.15) is 23.2 Å². The average Bonchev–Trinajstić information content (AvgIpc) is 2.75. The van der Waals surface area contributed by atoms with Crippen molar-refractivity contribution in [2.75, 3.05) is 45.8 Å². The molecule has 0 spiro atoms. The summed E-state index contributed by atoms with van der Waals surface area (Å²) in [7, 11) is 5.56. The first-order valence-corrected chi connectivity index (χ1v) is 9.83. The highest BCUT2D eigenvalue weighted by molar-refractivity contribution is 5.99. The number of nitrogens with one attached hydrogen (secondary N) is 2. The molecule has 0 atom stereocenters. The number of amides is 2. The molecule has 2 amide bonds. The van der Waals surface area contributed by atoms with Gasteiger partial charge in [0.05, 0.1) is 16.9 Å². The zero-order chi connectivity index (χ0) is 21.8. The highest BCUT2D eigenvalue weighted by Crippen LogP contribution is 2.23. The van der Waals surface area contributed by atoms with Crippen LogP contribution in [0.15, 0.2) is 58.8 Å². The van der Waals surface area contributed by atoms with E-state index in [0.29, 0.717) is 30.1 Å². The van der Waals surface area contributed by atoms with Crippen molar-refractivity contribution < 1.29 is 14.3 Å². The molecule has 2 rings (SSSR count). The molecule has 0 fully saturated rings. The van der Waals surface area contributed by atoms with Gasteiger partial charge in [-0.3, -0.25) is 9.59 Å². The smallest absolute Gasteiger partial charge is 0.253 e. The Morgan fingerprint density at radius 3 is 2.40 bits per heavy atom. The molecule has 0 aliphatic carbocycles. The predicted molar refractivity (Wildman–Crippen MR) is 118 cm³/mol. The largest absolute Gasteiger partial charge is 0.385 e. The van der Waals surface area contributed by atoms with Crippen LogP contribution >= 0.6 is 0 Å². The SMILES string of the molecule is COCCCNC(=O)CCNC(=O)c1ccccc1/N=N/c1ccc(N(C)C)cc1. The summed E-state index contributed by atoms with van der Waals surface area (Å²) in [6, 6.07) is 14.6. The van der Waals surface area contributed by atoms with E-state index in [9.17, 15) is 9.59 Å². The highest BCUT2D eigenvalue weighted by Gasteiger charge is 2.11. The van der Waals surface area contributed by atoms with Crippen LogP contribution in [0.2, 0.25) is 0 Å². The number of hydrogen-bond acceptors (Lipinski definition) is 6. The van der Waals surface area contributed by atoms with Gasteiger partial charge < -0.3 is 20.3 Å². The van der Waals surface area contributed by atoms with E-state index in [-0.39, 0.29) is 24.8 Å². The maximum Gasteiger partial charge on any atom is 0.253 e. The summed E-state index contributed by atoms with van der Waals surface area (Å²) >= 11 is 0. The topological polar surface area (TPSA) is 95.4 Å². The fourth-order valence-electron chi connectivity index (χ4n) is 2.60. The van der Waals surface area contributed by atoms with Crippen LogP contribution < -0.4 is 15.5 Å². The van der Waals surface area contributed by atoms with Crippen LogP contribution in [0, 0.1) is 0 Å². The Kier molecular flexibility index (Phi) is 9.47. The fourth-order valence-corrected chi connectivity index (χ4v) is 2.60. The van der Waals surface area contributed by atoms with Gasteiger partial charge in [-0.25, -0.2) is 0 Å². The van der Waals surface area contributed by atoms with Gasteiger partial charge in [-0.05, 0) is 42.8 Å². The zero-order valence-electron chi connectivity index (χ0n) is 17.7. The van der Waals surface area contributed by atoms with Gasteiger partial charge in [-0.15, -0.1) is 5.11 Å². The summed E-state index contributed by atoms with van der Waals surface area (Å²) in [5.74, 6) is -0.403. The molecule has 0 unspecified atom stereocenters. The minimum Gasteiger partial charge on any atom is -0.385 e. The van der Waals surface area contributed by atoms with Crippen molar-refractivity contribution in [3.8, 4) is 0 Å². The number of methoxy groups -OCH3 is 1. The lowest BCUT2D eigenvalue weighted by Crippen LogP contribution is -2.31. The number of carbonyl (C=O) groups excluding carboxylic acids is 2. The number of nitrogens with zero attached hydrogens (tertiary/aromatic N) is 3. The number of azo groups is 1. The molecule has 0 bridgehead atoms. The third kappa shape index (κ3) is 7.63. The summed E-state index contributed by atoms with van der Waals surface area (Å²) < 4.78 is 4.93. The summed E-state index contributed by atoms with van der Waals surface area (Å²) in [6.45, 7) is 1.40. The van der Waals surface area contributed by atoms with E-state index in [4.69, 9.17) is 4.74 Å². The predicted octanol–water partition coefficient (Wildman–Crippen LogP) is 3.44. The second kappa shape index (κ2) is 12.3. The van der Waals surface area contributed by atoms with Crippen molar-refractivity contribution in [3.63, 3.8) is 0 Å². The molecule has 160 valence electrons. The normalized spacial score (nSPS) is 10.8. The first-order chi connectivity index (χ1) is 14.5. The number of anilines is 1. The molecule has 8 nitrogen and oxygen atoms in total. The van der Waals surface area contributed by atoms with Crippen LogP contribution in [0.3, 0.4) is 0 Å². The molecule has 0 aliphatic heterocycles. The number of rotatable bonds is 11. The second-order valence-electron chi connectivity index (χ2n) is 6.83. The Hall–Kier alpha value is -3.26. The van der Waals surface area contributed by atoms with Crippen molar-refractivity contribution in [3.05, 3.63) is 54.1 Å². The van der Waals surface area contributed by atoms with Crippen LogP contribution in [0.5, 0.6) is 0 Å². The fraction of sp³-hybridized carbons (Fsp3) is 0.364. The Bertz CT molecular complexity index is 850. The molecule has 0 saturated heterocycles. The van der Waals surface area contributed by atoms with Crippen molar-refractivity contribution in [2.45, 2.75) is 12.8 Å². The standard InChI is InChI=1S/C22H29N5O3/c1-27(2)18-11-9-17(10-12-18)25-26-20-8-5-4-7-19(20)22(29)24-15-13-21(28)23-14-6-16-30-3/h4-5,7-12H,6,13-16H2,1-3H3,(H,23,28)(H,24,29)/b26-25+. The van der Waals surface area contributed by atoms with Crippen molar-refractivity contribution in [1.29, 1.82) is 0 Å². The molecular weight excluding hydrogens is 382 g/mol. The molecule has 0 aromatic heterocycles. The van der Waals surface area contributed by atoms with E-state index in [0.717, 1.165) is 12.1 Å². The molecule has 0 heterocycles. The minimum atomic E-state index is -0.292. The highest BCUT2D eigenvalue weighted by atomic mass is 16.5. The average molecular weight is 412 g/mol. The van der Waals surface area contributed by atoms with E-state index in [1.54, 1.807) is 31.4 Å². The zero-order valence-corrected chi connectivity index (χ0v) is 17.7. The van der Waals surface area contributed by atoms with Gasteiger partial charge in [0, 0.05) is 53.0 Å². The molecular formula is C22H29N5O3. The monoisotopic (exact) mass is 411 g/mol. The lowest BCUT2D eigenvalue weighted by atomic mass is 10.1. The van der Waals surface area contributed by atoms with Crippen LogP contribution in [-0.2, 0) is 9.53 Å². The van der Waals surface area contributed by atoms with Gasteiger partial charge in [-0.1, -0.05) is 12.1 Å². The number of carbonyl (C=O) groups is 2. The van der Waals surface area contributed by atoms with Crippen molar-refractivity contribution >= 4 is 28.9 Å². The van der Waals surface area contributed by atoms with E-state index < -0.39 is 0 Å². The molecule has 30 heavy (non-hydrogen) atoms. The minimum absolute atomic E-state index is 0.111. The summed E-state index contributed by atoms with van der Waals surface area (Å²) in [5, 5.41) is 14.0. The maximum absolute atomic E-state index is 12.5. The van der Waals surface area contributed by atoms with Crippen LogP contribution in [0.4, 0.5) is 17.1 Å². The Labute approximate surface area is 177 Å². The maximum atomic E-state index is 12.5. The first kappa shape index (κ1) is 23.0. The van der Waals surface area contributed by atoms with Gasteiger partial charge >= 0.3 is 0 Å². The van der Waals surface area contributed by atoms with Crippen molar-refractivity contribution in [1.82, 2.24) is 10.6 Å². The third-order valence-corrected chi connectivity index (χ3v) is 4.27. The Morgan fingerprint density at radius 2 is 1.70 bits per heavy atom. The van der Waals surface area contributed by atoms with Gasteiger partial charge in [0.2, 0.25) is 5.91 Å². The molecule has 2 aromatic rings. The third-order valence-electron chi connectivity index (χ3n) is 4.27. The summed E-state index contributed by atoms with van der Waals surface area (Å²) in [5.41, 5.74) is 2.64. The molecule has 8 heteroatoms. The van der Waals surface area contributed by atoms with Crippen molar-refractivity contribution in [2.24, 2.45) is 10.2 Å². The van der Waals surface area contributed by atoms with E-state index >= 15 is 0 Å². The number of ether oxygens (including phenoxy) is 1. The van der Waals surface area contributed by atoms with Gasteiger partial charge in [0.1, 0.15) is 0 Å². The lowest BCUT2D eigenvalue weighted by Gasteiger charge is -2.11. The molecule has 2 aromatic carbocycles. The van der Waals surface area contributed by atoms with Crippen LogP contribution in [0.25, 0.3) is 0 Å². The number of benzene rings is 2. The Balaban J connectivity index is 1.90. The van der Waals surface area contributed by atoms with Gasteiger partial charge in [-0.2, -0.15) is 5.11 Å².